The van der Waals surface area contributed by atoms with Gasteiger partial charge in [-0.25, -0.2) is 8.42 Å². The molecular weight excluding hydrogens is 620 g/mol. The van der Waals surface area contributed by atoms with E-state index in [1.807, 2.05) is 43.3 Å². The fourth-order valence-electron chi connectivity index (χ4n) is 5.49. The van der Waals surface area contributed by atoms with Crippen molar-refractivity contribution in [1.29, 1.82) is 0 Å². The summed E-state index contributed by atoms with van der Waals surface area (Å²) in [6.45, 7) is 5.97. The molecule has 3 amide bonds. The first-order valence-electron chi connectivity index (χ1n) is 15.4. The second-order valence-corrected chi connectivity index (χ2v) is 15.0. The van der Waals surface area contributed by atoms with Crippen molar-refractivity contribution in [3.05, 3.63) is 96.2 Å². The molecule has 1 saturated heterocycles. The minimum atomic E-state index is -4.00. The Labute approximate surface area is 275 Å². The maximum atomic E-state index is 14.4. The second kappa shape index (κ2) is 13.7. The third-order valence-corrected chi connectivity index (χ3v) is 10.9. The van der Waals surface area contributed by atoms with Gasteiger partial charge in [0.05, 0.1) is 10.3 Å². The Bertz CT molecular complexity index is 1750. The van der Waals surface area contributed by atoms with Crippen LogP contribution in [0.5, 0.6) is 0 Å². The Morgan fingerprint density at radius 3 is 2.21 bits per heavy atom. The van der Waals surface area contributed by atoms with E-state index in [9.17, 15) is 27.6 Å². The van der Waals surface area contributed by atoms with Gasteiger partial charge in [0.2, 0.25) is 5.91 Å². The molecule has 0 bridgehead atoms. The number of hydrogen-bond acceptors (Lipinski definition) is 8. The van der Waals surface area contributed by atoms with Crippen LogP contribution in [-0.4, -0.2) is 65.3 Å². The fourth-order valence-corrected chi connectivity index (χ4v) is 6.09. The van der Waals surface area contributed by atoms with Crippen molar-refractivity contribution >= 4 is 33.3 Å². The van der Waals surface area contributed by atoms with Crippen molar-refractivity contribution in [2.75, 3.05) is 6.26 Å². The third-order valence-electron chi connectivity index (χ3n) is 8.79. The Morgan fingerprint density at radius 2 is 1.64 bits per heavy atom. The number of nitrogens with two attached hydrogens (primary N) is 1. The summed E-state index contributed by atoms with van der Waals surface area (Å²) in [6.07, 6.45) is 5.91. The summed E-state index contributed by atoms with van der Waals surface area (Å²) >= 11 is 0. The summed E-state index contributed by atoms with van der Waals surface area (Å²) in [6, 6.07) is 17.6. The lowest BCUT2D eigenvalue weighted by atomic mass is 9.77. The zero-order valence-corrected chi connectivity index (χ0v) is 28.0. The van der Waals surface area contributed by atoms with Crippen LogP contribution >= 0.6 is 0 Å². The van der Waals surface area contributed by atoms with E-state index in [4.69, 9.17) is 10.5 Å². The van der Waals surface area contributed by atoms with Crippen LogP contribution in [-0.2, 0) is 29.0 Å². The zero-order chi connectivity index (χ0) is 34.6. The quantitative estimate of drug-likeness (QED) is 0.164. The molecule has 11 nitrogen and oxygen atoms in total. The number of sulfone groups is 1. The first-order valence-corrected chi connectivity index (χ1v) is 17.3. The lowest BCUT2D eigenvalue weighted by molar-refractivity contribution is -0.126. The van der Waals surface area contributed by atoms with Gasteiger partial charge in [-0.05, 0) is 56.0 Å². The number of ether oxygens (including phenoxy) is 1. The molecule has 1 aliphatic rings. The highest BCUT2D eigenvalue weighted by molar-refractivity contribution is 7.92. The molecule has 4 N–H and O–H groups in total. The van der Waals surface area contributed by atoms with Gasteiger partial charge >= 0.3 is 0 Å². The Hall–Kier alpha value is -4.42. The van der Waals surface area contributed by atoms with Crippen LogP contribution in [0.15, 0.2) is 79.1 Å². The summed E-state index contributed by atoms with van der Waals surface area (Å²) in [5.41, 5.74) is 3.77. The summed E-state index contributed by atoms with van der Waals surface area (Å²) in [7, 11) is -4.00. The summed E-state index contributed by atoms with van der Waals surface area (Å²) in [4.78, 5) is 58.8. The SMILES string of the molecule is CCCCCC(=O)[C](c1ccccc1-c1ccccc1)[C@]1(NC(=O)[C@@H](NC(=O)c2cccnc2)C(C)(C)S(C)(=O)=O)O[C@]1(C)C(N)=O. The first kappa shape index (κ1) is 35.4. The Balaban J connectivity index is 1.87. The number of nitrogens with zero attached hydrogens (tertiary/aromatic N) is 1. The fraction of sp³-hybridized carbons (Fsp3) is 0.371. The van der Waals surface area contributed by atoms with Crippen LogP contribution in [0, 0.1) is 5.92 Å². The van der Waals surface area contributed by atoms with Gasteiger partial charge in [-0.2, -0.15) is 0 Å². The molecule has 0 aliphatic carbocycles. The predicted molar refractivity (Wildman–Crippen MR) is 177 cm³/mol. The van der Waals surface area contributed by atoms with E-state index in [0.717, 1.165) is 24.7 Å². The van der Waals surface area contributed by atoms with Crippen LogP contribution in [0.25, 0.3) is 11.1 Å². The number of aromatic nitrogens is 1. The summed E-state index contributed by atoms with van der Waals surface area (Å²) in [5, 5.41) is 5.25. The number of primary amides is 1. The monoisotopic (exact) mass is 661 g/mol. The van der Waals surface area contributed by atoms with E-state index in [2.05, 4.69) is 15.6 Å². The number of epoxide rings is 1. The first-order chi connectivity index (χ1) is 22.1. The number of carbonyl (C=O) groups excluding carboxylic acids is 4. The smallest absolute Gasteiger partial charge is 0.254 e. The van der Waals surface area contributed by atoms with Crippen molar-refractivity contribution in [1.82, 2.24) is 15.6 Å². The minimum Gasteiger partial charge on any atom is -0.367 e. The number of unbranched alkanes of at least 4 members (excludes halogenated alkanes) is 2. The van der Waals surface area contributed by atoms with Crippen molar-refractivity contribution in [3.63, 3.8) is 0 Å². The Morgan fingerprint density at radius 1 is 0.979 bits per heavy atom. The molecule has 0 unspecified atom stereocenters. The van der Waals surface area contributed by atoms with E-state index < -0.39 is 49.7 Å². The van der Waals surface area contributed by atoms with Crippen molar-refractivity contribution < 1.29 is 32.3 Å². The molecule has 0 saturated carbocycles. The molecule has 1 radical (unpaired) electrons. The molecule has 1 aromatic heterocycles. The average molecular weight is 662 g/mol. The average Bonchev–Trinajstić information content (AvgIpc) is 3.64. The van der Waals surface area contributed by atoms with Crippen molar-refractivity contribution in [2.45, 2.75) is 75.5 Å². The number of rotatable bonds is 15. The molecule has 12 heteroatoms. The van der Waals surface area contributed by atoms with E-state index in [0.29, 0.717) is 17.5 Å². The zero-order valence-electron chi connectivity index (χ0n) is 27.2. The molecule has 1 fully saturated rings. The Kier molecular flexibility index (Phi) is 10.4. The molecule has 4 rings (SSSR count). The molecule has 1 aliphatic heterocycles. The summed E-state index contributed by atoms with van der Waals surface area (Å²) < 4.78 is 30.3. The maximum Gasteiger partial charge on any atom is 0.254 e. The highest BCUT2D eigenvalue weighted by Gasteiger charge is 2.78. The number of hydrogen-bond donors (Lipinski definition) is 3. The number of pyridine rings is 1. The second-order valence-electron chi connectivity index (χ2n) is 12.4. The van der Waals surface area contributed by atoms with Gasteiger partial charge in [0.1, 0.15) is 17.7 Å². The normalized spacial score (nSPS) is 19.9. The standard InChI is InChI=1S/C35H41N4O7S/c1-6-7-9-20-27(40)28(26-19-13-12-18-25(26)23-15-10-8-11-16-23)35(34(4,46-35)32(36)43)39-31(42)29(33(2,3)47(5,44)45)38-30(41)24-17-14-21-37-22-24/h8,10-19,21-22,29H,6-7,9,20H2,1-5H3,(H2,36,43)(H,38,41)(H,39,42)/t29-,34-,35+/m1/s1. The van der Waals surface area contributed by atoms with Crippen LogP contribution in [0.4, 0.5) is 0 Å². The van der Waals surface area contributed by atoms with Gasteiger partial charge in [0, 0.05) is 25.1 Å². The molecule has 3 atom stereocenters. The number of Topliss-reactive ketones (excluding diaryl/α,β-unsaturated/α-hetero) is 1. The van der Waals surface area contributed by atoms with Crippen LogP contribution in [0.1, 0.15) is 69.3 Å². The number of ketones is 1. The molecular formula is C35H41N4O7S. The molecule has 2 aromatic carbocycles. The molecule has 249 valence electrons. The van der Waals surface area contributed by atoms with Crippen LogP contribution < -0.4 is 16.4 Å². The van der Waals surface area contributed by atoms with E-state index in [-0.39, 0.29) is 23.7 Å². The predicted octanol–water partition coefficient (Wildman–Crippen LogP) is 3.53. The van der Waals surface area contributed by atoms with E-state index in [1.165, 1.54) is 45.3 Å². The number of nitrogens with one attached hydrogen (secondary N) is 2. The van der Waals surface area contributed by atoms with Gasteiger partial charge < -0.3 is 21.1 Å². The molecule has 3 aromatic rings. The highest BCUT2D eigenvalue weighted by Crippen LogP contribution is 2.55. The number of amides is 3. The van der Waals surface area contributed by atoms with Crippen LogP contribution in [0.2, 0.25) is 0 Å². The van der Waals surface area contributed by atoms with Crippen molar-refractivity contribution in [2.24, 2.45) is 5.73 Å². The van der Waals surface area contributed by atoms with E-state index >= 15 is 0 Å². The lowest BCUT2D eigenvalue weighted by Crippen LogP contribution is -2.64. The van der Waals surface area contributed by atoms with Gasteiger partial charge in [0.15, 0.2) is 21.2 Å². The van der Waals surface area contributed by atoms with Gasteiger partial charge in [-0.1, -0.05) is 74.4 Å². The van der Waals surface area contributed by atoms with Crippen molar-refractivity contribution in [3.8, 4) is 11.1 Å². The number of benzene rings is 2. The minimum absolute atomic E-state index is 0.00259. The van der Waals surface area contributed by atoms with Gasteiger partial charge in [-0.15, -0.1) is 0 Å². The highest BCUT2D eigenvalue weighted by atomic mass is 32.2. The van der Waals surface area contributed by atoms with Gasteiger partial charge in [-0.3, -0.25) is 24.2 Å². The molecule has 2 heterocycles. The third kappa shape index (κ3) is 6.98. The summed E-state index contributed by atoms with van der Waals surface area (Å²) in [5.74, 6) is -3.10. The number of carbonyl (C=O) groups is 4. The molecule has 47 heavy (non-hydrogen) atoms. The maximum absolute atomic E-state index is 14.4. The lowest BCUT2D eigenvalue weighted by Gasteiger charge is -2.35. The van der Waals surface area contributed by atoms with Crippen LogP contribution in [0.3, 0.4) is 0 Å². The largest absolute Gasteiger partial charge is 0.367 e. The topological polar surface area (TPSA) is 178 Å². The molecule has 0 spiro atoms. The van der Waals surface area contributed by atoms with Gasteiger partial charge in [0.25, 0.3) is 11.8 Å². The van der Waals surface area contributed by atoms with E-state index in [1.54, 1.807) is 18.2 Å².